The van der Waals surface area contributed by atoms with Gasteiger partial charge in [-0.05, 0) is 0 Å². The zero-order chi connectivity index (χ0) is 9.28. The third-order valence-electron chi connectivity index (χ3n) is 1.52. The molecule has 0 spiro atoms. The Labute approximate surface area is 83.1 Å². The molecule has 0 rings (SSSR count). The van der Waals surface area contributed by atoms with Crippen molar-refractivity contribution in [3.05, 3.63) is 0 Å². The molecule has 0 nitrogen and oxygen atoms in total. The summed E-state index contributed by atoms with van der Waals surface area (Å²) in [5.74, 6) is 0. The SMILES string of the molecule is C[Si](C)(C)C(=P[As])[Si](C)(C)C. The van der Waals surface area contributed by atoms with E-state index >= 15 is 0 Å². The molecule has 0 unspecified atom stereocenters. The maximum atomic E-state index is 2.73. The third kappa shape index (κ3) is 4.08. The molecule has 0 fully saturated rings. The van der Waals surface area contributed by atoms with Crippen LogP contribution in [0.15, 0.2) is 0 Å². The van der Waals surface area contributed by atoms with E-state index in [1.807, 2.05) is 4.54 Å². The number of hydrogen-bond donors (Lipinski definition) is 0. The van der Waals surface area contributed by atoms with Gasteiger partial charge in [0, 0.05) is 0 Å². The monoisotopic (exact) mass is 264 g/mol. The molecule has 0 heterocycles. The van der Waals surface area contributed by atoms with Crippen LogP contribution in [0.3, 0.4) is 0 Å². The molecular weight excluding hydrogens is 246 g/mol. The fourth-order valence-electron chi connectivity index (χ4n) is 1.43. The Morgan fingerprint density at radius 2 is 1.18 bits per heavy atom. The van der Waals surface area contributed by atoms with Gasteiger partial charge in [-0.15, -0.1) is 0 Å². The van der Waals surface area contributed by atoms with E-state index in [0.29, 0.717) is 0 Å². The molecule has 0 aliphatic heterocycles. The standard InChI is InChI=1S/C7H18AsPSi2/c1-10(2,3)7(9-8)11(4,5)6/h1-6H3. The molecule has 0 amide bonds. The summed E-state index contributed by atoms with van der Waals surface area (Å²) in [6.07, 6.45) is 0. The van der Waals surface area contributed by atoms with Crippen molar-refractivity contribution in [2.24, 2.45) is 0 Å². The van der Waals surface area contributed by atoms with E-state index in [2.05, 4.69) is 55.7 Å². The fourth-order valence-corrected chi connectivity index (χ4v) is 24.2. The summed E-state index contributed by atoms with van der Waals surface area (Å²) in [5, 5.41) is 0. The summed E-state index contributed by atoms with van der Waals surface area (Å²) in [5.41, 5.74) is 0. The Morgan fingerprint density at radius 1 is 0.909 bits per heavy atom. The predicted molar refractivity (Wildman–Crippen MR) is 64.4 cm³/mol. The molecule has 0 bridgehead atoms. The summed E-state index contributed by atoms with van der Waals surface area (Å²) >= 11 is 2.73. The van der Waals surface area contributed by atoms with Crippen molar-refractivity contribution in [3.8, 4) is 0 Å². The molecule has 0 aromatic carbocycles. The normalized spacial score (nSPS) is 13.7. The van der Waals surface area contributed by atoms with E-state index in [1.165, 1.54) is 6.76 Å². The Kier molecular flexibility index (Phi) is 4.33. The zero-order valence-corrected chi connectivity index (χ0v) is 13.2. The van der Waals surface area contributed by atoms with Gasteiger partial charge in [0.1, 0.15) is 0 Å². The van der Waals surface area contributed by atoms with Gasteiger partial charge in [-0.3, -0.25) is 0 Å². The second-order valence-corrected chi connectivity index (χ2v) is 18.2. The van der Waals surface area contributed by atoms with Gasteiger partial charge in [0.05, 0.1) is 0 Å². The summed E-state index contributed by atoms with van der Waals surface area (Å²) < 4.78 is 1.88. The topological polar surface area (TPSA) is 0 Å². The molecule has 0 saturated carbocycles. The predicted octanol–water partition coefficient (Wildman–Crippen LogP) is 2.94. The van der Waals surface area contributed by atoms with Crippen LogP contribution in [-0.4, -0.2) is 37.1 Å². The van der Waals surface area contributed by atoms with Gasteiger partial charge >= 0.3 is 83.1 Å². The summed E-state index contributed by atoms with van der Waals surface area (Å²) in [4.78, 5) is 0. The molecule has 0 atom stereocenters. The zero-order valence-electron chi connectivity index (χ0n) is 8.39. The van der Waals surface area contributed by atoms with Gasteiger partial charge in [-0.25, -0.2) is 0 Å². The Balaban J connectivity index is 4.74. The second kappa shape index (κ2) is 3.91. The van der Waals surface area contributed by atoms with Gasteiger partial charge in [0.25, 0.3) is 0 Å². The van der Waals surface area contributed by atoms with Gasteiger partial charge < -0.3 is 0 Å². The van der Waals surface area contributed by atoms with Crippen LogP contribution in [0.1, 0.15) is 0 Å². The molecule has 0 aromatic rings. The summed E-state index contributed by atoms with van der Waals surface area (Å²) in [7, 11) is -1.94. The molecule has 2 radical (unpaired) electrons. The van der Waals surface area contributed by atoms with Crippen molar-refractivity contribution >= 4 is 43.8 Å². The molecule has 64 valence electrons. The van der Waals surface area contributed by atoms with E-state index in [1.54, 1.807) is 0 Å². The van der Waals surface area contributed by atoms with Crippen molar-refractivity contribution in [1.82, 2.24) is 0 Å². The van der Waals surface area contributed by atoms with E-state index in [-0.39, 0.29) is 0 Å². The van der Waals surface area contributed by atoms with Gasteiger partial charge in [0.15, 0.2) is 0 Å². The van der Waals surface area contributed by atoms with Crippen molar-refractivity contribution in [2.45, 2.75) is 39.3 Å². The first-order valence-corrected chi connectivity index (χ1v) is 14.3. The van der Waals surface area contributed by atoms with Gasteiger partial charge in [0.2, 0.25) is 0 Å². The Morgan fingerprint density at radius 3 is 1.18 bits per heavy atom. The van der Waals surface area contributed by atoms with Crippen molar-refractivity contribution < 1.29 is 0 Å². The molecule has 11 heavy (non-hydrogen) atoms. The quantitative estimate of drug-likeness (QED) is 0.531. The first-order valence-electron chi connectivity index (χ1n) is 3.92. The average Bonchev–Trinajstić information content (AvgIpc) is 1.56. The first kappa shape index (κ1) is 12.2. The minimum atomic E-state index is -0.972. The summed E-state index contributed by atoms with van der Waals surface area (Å²) in [6, 6.07) is 0. The minimum absolute atomic E-state index is 0.972. The van der Waals surface area contributed by atoms with Gasteiger partial charge in [-0.1, -0.05) is 0 Å². The fraction of sp³-hybridized carbons (Fsp3) is 0.857. The molecule has 0 aliphatic rings. The van der Waals surface area contributed by atoms with Crippen LogP contribution in [-0.2, 0) is 0 Å². The Bertz CT molecular complexity index is 148. The number of rotatable bonds is 2. The van der Waals surface area contributed by atoms with E-state index < -0.39 is 16.1 Å². The van der Waals surface area contributed by atoms with Crippen molar-refractivity contribution in [2.75, 3.05) is 0 Å². The summed E-state index contributed by atoms with van der Waals surface area (Å²) in [6.45, 7) is 16.3. The molecule has 0 aliphatic carbocycles. The maximum absolute atomic E-state index is 2.73. The molecular formula is C7H18AsPSi2. The molecule has 4 heteroatoms. The van der Waals surface area contributed by atoms with Crippen LogP contribution in [0.4, 0.5) is 0 Å². The van der Waals surface area contributed by atoms with Crippen LogP contribution in [0.25, 0.3) is 0 Å². The molecule has 0 N–H and O–H groups in total. The van der Waals surface area contributed by atoms with E-state index in [9.17, 15) is 0 Å². The Hall–Kier alpha value is 1.16. The second-order valence-electron chi connectivity index (χ2n) is 4.95. The van der Waals surface area contributed by atoms with Crippen LogP contribution >= 0.6 is 6.76 Å². The van der Waals surface area contributed by atoms with Crippen LogP contribution < -0.4 is 0 Å². The van der Waals surface area contributed by atoms with Gasteiger partial charge in [-0.2, -0.15) is 0 Å². The number of hydrogen-bond acceptors (Lipinski definition) is 0. The molecule has 0 saturated heterocycles. The first-order chi connectivity index (χ1) is 4.69. The van der Waals surface area contributed by atoms with E-state index in [4.69, 9.17) is 0 Å². The van der Waals surface area contributed by atoms with Crippen LogP contribution in [0.2, 0.25) is 39.3 Å². The van der Waals surface area contributed by atoms with E-state index in [0.717, 1.165) is 0 Å². The van der Waals surface area contributed by atoms with Crippen molar-refractivity contribution in [3.63, 3.8) is 0 Å². The van der Waals surface area contributed by atoms with Crippen LogP contribution in [0, 0.1) is 0 Å². The van der Waals surface area contributed by atoms with Crippen LogP contribution in [0.5, 0.6) is 0 Å². The van der Waals surface area contributed by atoms with Crippen molar-refractivity contribution in [1.29, 1.82) is 0 Å². The average molecular weight is 264 g/mol. The molecule has 0 aromatic heterocycles. The third-order valence-corrected chi connectivity index (χ3v) is 17.5.